The molecule has 2 rings (SSSR count). The van der Waals surface area contributed by atoms with Crippen molar-refractivity contribution in [3.63, 3.8) is 0 Å². The molecule has 0 aliphatic heterocycles. The molecule has 0 N–H and O–H groups in total. The van der Waals surface area contributed by atoms with Gasteiger partial charge in [-0.25, -0.2) is 4.98 Å². The fraction of sp³-hybridized carbons (Fsp3) is 0. The van der Waals surface area contributed by atoms with Crippen molar-refractivity contribution >= 4 is 6.29 Å². The van der Waals surface area contributed by atoms with Gasteiger partial charge in [-0.1, -0.05) is 5.92 Å². The first-order valence-corrected chi connectivity index (χ1v) is 4.34. The van der Waals surface area contributed by atoms with Gasteiger partial charge >= 0.3 is 0 Å². The number of aldehydes is 1. The van der Waals surface area contributed by atoms with Gasteiger partial charge in [0.2, 0.25) is 0 Å². The second-order valence-electron chi connectivity index (χ2n) is 2.83. The lowest BCUT2D eigenvalue weighted by molar-refractivity contribution is -0.103. The minimum Gasteiger partial charge on any atom is -0.444 e. The normalized spacial score (nSPS) is 9.07. The van der Waals surface area contributed by atoms with Crippen molar-refractivity contribution in [2.45, 2.75) is 0 Å². The lowest BCUT2D eigenvalue weighted by Crippen LogP contribution is -1.76. The van der Waals surface area contributed by atoms with E-state index in [1.807, 2.05) is 24.3 Å². The van der Waals surface area contributed by atoms with Crippen molar-refractivity contribution in [2.24, 2.45) is 0 Å². The molecule has 0 unspecified atom stereocenters. The summed E-state index contributed by atoms with van der Waals surface area (Å²) in [7, 11) is 0. The smallest absolute Gasteiger partial charge is 0.193 e. The number of rotatable bonds is 1. The van der Waals surface area contributed by atoms with E-state index in [1.165, 1.54) is 6.39 Å². The third-order valence-electron chi connectivity index (χ3n) is 1.88. The molecule has 0 bridgehead atoms. The van der Waals surface area contributed by atoms with E-state index in [4.69, 9.17) is 4.42 Å². The predicted molar refractivity (Wildman–Crippen MR) is 54.9 cm³/mol. The van der Waals surface area contributed by atoms with Crippen molar-refractivity contribution in [1.82, 2.24) is 4.98 Å². The minimum atomic E-state index is 0.574. The molecule has 1 aromatic heterocycles. The van der Waals surface area contributed by atoms with E-state index in [0.717, 1.165) is 11.1 Å². The molecule has 0 fully saturated rings. The summed E-state index contributed by atoms with van der Waals surface area (Å²) in [5, 5.41) is 0. The Balaban J connectivity index is 2.28. The molecule has 15 heavy (non-hydrogen) atoms. The van der Waals surface area contributed by atoms with Gasteiger partial charge in [0.05, 0.1) is 6.20 Å². The van der Waals surface area contributed by atoms with Gasteiger partial charge in [-0.15, -0.1) is 0 Å². The molecule has 0 saturated heterocycles. The zero-order chi connectivity index (χ0) is 10.5. The Labute approximate surface area is 86.8 Å². The van der Waals surface area contributed by atoms with Crippen LogP contribution in [0.2, 0.25) is 0 Å². The maximum atomic E-state index is 10.0. The number of carbonyl (C=O) groups excluding carboxylic acids is 1. The summed E-state index contributed by atoms with van der Waals surface area (Å²) in [4.78, 5) is 13.9. The predicted octanol–water partition coefficient (Wildman–Crippen LogP) is 1.89. The van der Waals surface area contributed by atoms with Gasteiger partial charge in [-0.05, 0) is 30.2 Å². The lowest BCUT2D eigenvalue weighted by Gasteiger charge is -1.95. The molecule has 72 valence electrons. The second kappa shape index (κ2) is 4.25. The number of oxazole rings is 1. The minimum absolute atomic E-state index is 0.574. The summed E-state index contributed by atoms with van der Waals surface area (Å²) in [5.74, 6) is 5.77. The Kier molecular flexibility index (Phi) is 2.61. The maximum absolute atomic E-state index is 10.0. The van der Waals surface area contributed by atoms with Gasteiger partial charge in [-0.3, -0.25) is 4.79 Å². The van der Waals surface area contributed by atoms with E-state index < -0.39 is 0 Å². The Morgan fingerprint density at radius 3 is 2.67 bits per heavy atom. The van der Waals surface area contributed by atoms with E-state index in [-0.39, 0.29) is 0 Å². The number of hydrogen-bond acceptors (Lipinski definition) is 3. The van der Waals surface area contributed by atoms with Gasteiger partial charge in [-0.2, -0.15) is 0 Å². The molecule has 0 spiro atoms. The average molecular weight is 197 g/mol. The molecule has 0 atom stereocenters. The maximum Gasteiger partial charge on any atom is 0.193 e. The van der Waals surface area contributed by atoms with E-state index in [0.29, 0.717) is 12.0 Å². The molecule has 3 nitrogen and oxygen atoms in total. The Hall–Kier alpha value is -2.34. The largest absolute Gasteiger partial charge is 0.444 e. The summed E-state index contributed by atoms with van der Waals surface area (Å²) >= 11 is 0. The van der Waals surface area contributed by atoms with Crippen LogP contribution in [0.5, 0.6) is 0 Å². The van der Waals surface area contributed by atoms with Gasteiger partial charge in [0, 0.05) is 11.1 Å². The van der Waals surface area contributed by atoms with Crippen LogP contribution in [0.15, 0.2) is 41.3 Å². The van der Waals surface area contributed by atoms with Crippen LogP contribution in [0.25, 0.3) is 11.3 Å². The zero-order valence-electron chi connectivity index (χ0n) is 7.81. The highest BCUT2D eigenvalue weighted by molar-refractivity contribution is 5.74. The molecule has 0 amide bonds. The van der Waals surface area contributed by atoms with Gasteiger partial charge in [0.15, 0.2) is 18.4 Å². The molecule has 0 radical (unpaired) electrons. The van der Waals surface area contributed by atoms with Gasteiger partial charge < -0.3 is 4.42 Å². The third-order valence-corrected chi connectivity index (χ3v) is 1.88. The van der Waals surface area contributed by atoms with Gasteiger partial charge in [0.1, 0.15) is 0 Å². The summed E-state index contributed by atoms with van der Waals surface area (Å²) in [6.07, 6.45) is 3.60. The highest BCUT2D eigenvalue weighted by Gasteiger charge is 1.99. The van der Waals surface area contributed by atoms with Crippen molar-refractivity contribution in [3.05, 3.63) is 42.4 Å². The van der Waals surface area contributed by atoms with Crippen LogP contribution >= 0.6 is 0 Å². The Bertz CT molecular complexity index is 501. The summed E-state index contributed by atoms with van der Waals surface area (Å²) in [6.45, 7) is 0. The van der Waals surface area contributed by atoms with Crippen molar-refractivity contribution in [1.29, 1.82) is 0 Å². The molecule has 0 aliphatic carbocycles. The number of carbonyl (C=O) groups is 1. The number of nitrogens with zero attached hydrogens (tertiary/aromatic N) is 1. The second-order valence-corrected chi connectivity index (χ2v) is 2.83. The molecular weight excluding hydrogens is 190 g/mol. The van der Waals surface area contributed by atoms with Crippen LogP contribution in [0.1, 0.15) is 5.56 Å². The highest BCUT2D eigenvalue weighted by Crippen LogP contribution is 2.18. The van der Waals surface area contributed by atoms with Crippen LogP contribution < -0.4 is 0 Å². The van der Waals surface area contributed by atoms with Crippen molar-refractivity contribution in [3.8, 4) is 23.2 Å². The SMILES string of the molecule is O=CC#Cc1ccc(-c2cnco2)cc1. The highest BCUT2D eigenvalue weighted by atomic mass is 16.3. The summed E-state index contributed by atoms with van der Waals surface area (Å²) in [5.41, 5.74) is 1.73. The Morgan fingerprint density at radius 1 is 1.27 bits per heavy atom. The standard InChI is InChI=1S/C12H7NO2/c14-7-1-2-10-3-5-11(6-4-10)12-8-13-9-15-12/h3-9H. The molecule has 0 aliphatic rings. The first-order valence-electron chi connectivity index (χ1n) is 4.34. The van der Waals surface area contributed by atoms with Gasteiger partial charge in [0.25, 0.3) is 0 Å². The van der Waals surface area contributed by atoms with E-state index in [9.17, 15) is 4.79 Å². The van der Waals surface area contributed by atoms with Crippen LogP contribution in [0.3, 0.4) is 0 Å². The first-order chi connectivity index (χ1) is 7.40. The molecular formula is C12H7NO2. The molecule has 2 aromatic rings. The van der Waals surface area contributed by atoms with Crippen LogP contribution in [0, 0.1) is 11.8 Å². The summed E-state index contributed by atoms with van der Waals surface area (Å²) < 4.78 is 5.14. The molecule has 0 saturated carbocycles. The fourth-order valence-electron chi connectivity index (χ4n) is 1.19. The van der Waals surface area contributed by atoms with Crippen molar-refractivity contribution in [2.75, 3.05) is 0 Å². The number of hydrogen-bond donors (Lipinski definition) is 0. The third kappa shape index (κ3) is 2.12. The topological polar surface area (TPSA) is 43.1 Å². The van der Waals surface area contributed by atoms with E-state index in [1.54, 1.807) is 6.20 Å². The average Bonchev–Trinajstić information content (AvgIpc) is 2.80. The van der Waals surface area contributed by atoms with E-state index in [2.05, 4.69) is 16.8 Å². The number of benzene rings is 1. The monoisotopic (exact) mass is 197 g/mol. The van der Waals surface area contributed by atoms with Crippen LogP contribution in [-0.4, -0.2) is 11.3 Å². The van der Waals surface area contributed by atoms with E-state index >= 15 is 0 Å². The van der Waals surface area contributed by atoms with Crippen LogP contribution in [-0.2, 0) is 4.79 Å². The quantitative estimate of drug-likeness (QED) is 0.518. The first kappa shape index (κ1) is 9.22. The molecule has 1 heterocycles. The zero-order valence-corrected chi connectivity index (χ0v) is 7.81. The van der Waals surface area contributed by atoms with Crippen LogP contribution in [0.4, 0.5) is 0 Å². The summed E-state index contributed by atoms with van der Waals surface area (Å²) in [6, 6.07) is 7.40. The fourth-order valence-corrected chi connectivity index (χ4v) is 1.19. The lowest BCUT2D eigenvalue weighted by atomic mass is 10.1. The Morgan fingerprint density at radius 2 is 2.07 bits per heavy atom. The number of aromatic nitrogens is 1. The molecule has 1 aromatic carbocycles. The molecule has 3 heteroatoms. The van der Waals surface area contributed by atoms with Crippen molar-refractivity contribution < 1.29 is 9.21 Å².